The molecule has 1 N–H and O–H groups in total. The molecule has 110 valence electrons. The third kappa shape index (κ3) is 4.51. The molecule has 2 rings (SSSR count). The number of thiazole rings is 1. The van der Waals surface area contributed by atoms with E-state index in [1.807, 2.05) is 0 Å². The van der Waals surface area contributed by atoms with Crippen LogP contribution in [0.15, 0.2) is 32.4 Å². The molecule has 0 amide bonds. The minimum absolute atomic E-state index is 0.0358. The number of carbonyl (C=O) groups is 1. The van der Waals surface area contributed by atoms with Crippen molar-refractivity contribution in [2.75, 3.05) is 0 Å². The Hall–Kier alpha value is -1.45. The van der Waals surface area contributed by atoms with E-state index < -0.39 is 10.9 Å². The van der Waals surface area contributed by atoms with E-state index in [1.165, 1.54) is 35.2 Å². The van der Waals surface area contributed by atoms with Crippen LogP contribution in [0.1, 0.15) is 11.3 Å². The standard InChI is InChI=1S/C12H9BrN2O4S2/c13-10-4-9(15(18)19)2-1-7(10)5-20-12-14-8(6-21-12)3-11(16)17/h1-2,4,6H,3,5H2,(H,16,17). The zero-order chi connectivity index (χ0) is 15.4. The molecule has 0 bridgehead atoms. The fraction of sp³-hybridized carbons (Fsp3) is 0.167. The van der Waals surface area contributed by atoms with Crippen molar-refractivity contribution < 1.29 is 14.8 Å². The number of carboxylic acid groups (broad SMARTS) is 1. The molecule has 0 atom stereocenters. The number of halogens is 1. The maximum Gasteiger partial charge on any atom is 0.309 e. The van der Waals surface area contributed by atoms with Gasteiger partial charge < -0.3 is 5.11 Å². The van der Waals surface area contributed by atoms with E-state index in [9.17, 15) is 14.9 Å². The van der Waals surface area contributed by atoms with Crippen molar-refractivity contribution in [3.8, 4) is 0 Å². The molecule has 1 aromatic heterocycles. The number of thioether (sulfide) groups is 1. The first-order chi connectivity index (χ1) is 9.95. The lowest BCUT2D eigenvalue weighted by molar-refractivity contribution is -0.384. The van der Waals surface area contributed by atoms with E-state index in [-0.39, 0.29) is 12.1 Å². The van der Waals surface area contributed by atoms with E-state index >= 15 is 0 Å². The van der Waals surface area contributed by atoms with Crippen molar-refractivity contribution in [3.05, 3.63) is 49.4 Å². The Morgan fingerprint density at radius 1 is 1.52 bits per heavy atom. The van der Waals surface area contributed by atoms with Gasteiger partial charge in [-0.2, -0.15) is 0 Å². The number of non-ortho nitro benzene ring substituents is 1. The molecule has 0 aliphatic rings. The average molecular weight is 389 g/mol. The van der Waals surface area contributed by atoms with Gasteiger partial charge in [0.05, 0.1) is 17.0 Å². The molecule has 1 heterocycles. The summed E-state index contributed by atoms with van der Waals surface area (Å²) in [5, 5.41) is 21.1. The number of nitro groups is 1. The second-order valence-electron chi connectivity index (χ2n) is 4.00. The molecule has 2 aromatic rings. The fourth-order valence-electron chi connectivity index (χ4n) is 1.50. The summed E-state index contributed by atoms with van der Waals surface area (Å²) in [6, 6.07) is 4.62. The number of nitro benzene ring substituents is 1. The summed E-state index contributed by atoms with van der Waals surface area (Å²) >= 11 is 6.17. The molecule has 0 saturated carbocycles. The number of carboxylic acids is 1. The molecule has 0 spiro atoms. The maximum atomic E-state index is 10.7. The Morgan fingerprint density at radius 3 is 2.90 bits per heavy atom. The van der Waals surface area contributed by atoms with Gasteiger partial charge in [-0.15, -0.1) is 11.3 Å². The van der Waals surface area contributed by atoms with Crippen LogP contribution in [0.25, 0.3) is 0 Å². The van der Waals surface area contributed by atoms with E-state index in [2.05, 4.69) is 20.9 Å². The average Bonchev–Trinajstić information content (AvgIpc) is 2.83. The number of hydrogen-bond donors (Lipinski definition) is 1. The topological polar surface area (TPSA) is 93.3 Å². The van der Waals surface area contributed by atoms with Gasteiger partial charge >= 0.3 is 5.97 Å². The highest BCUT2D eigenvalue weighted by Crippen LogP contribution is 2.31. The number of benzene rings is 1. The number of nitrogens with zero attached hydrogens (tertiary/aromatic N) is 2. The van der Waals surface area contributed by atoms with Gasteiger partial charge in [-0.3, -0.25) is 14.9 Å². The van der Waals surface area contributed by atoms with Gasteiger partial charge in [-0.25, -0.2) is 4.98 Å². The second kappa shape index (κ2) is 7.01. The lowest BCUT2D eigenvalue weighted by Gasteiger charge is -2.02. The quantitative estimate of drug-likeness (QED) is 0.460. The third-order valence-corrected chi connectivity index (χ3v) is 5.32. The Bertz CT molecular complexity index is 690. The van der Waals surface area contributed by atoms with Gasteiger partial charge in [-0.05, 0) is 5.56 Å². The molecule has 9 heteroatoms. The summed E-state index contributed by atoms with van der Waals surface area (Å²) < 4.78 is 1.45. The first kappa shape index (κ1) is 15.9. The Balaban J connectivity index is 2.01. The molecule has 0 aliphatic heterocycles. The lowest BCUT2D eigenvalue weighted by Crippen LogP contribution is -1.99. The molecular weight excluding hydrogens is 380 g/mol. The number of rotatable bonds is 6. The molecular formula is C12H9BrN2O4S2. The SMILES string of the molecule is O=C(O)Cc1csc(SCc2ccc([N+](=O)[O-])cc2Br)n1. The largest absolute Gasteiger partial charge is 0.481 e. The molecule has 0 radical (unpaired) electrons. The third-order valence-electron chi connectivity index (χ3n) is 2.46. The minimum atomic E-state index is -0.907. The van der Waals surface area contributed by atoms with Gasteiger partial charge in [-0.1, -0.05) is 33.8 Å². The van der Waals surface area contributed by atoms with Crippen LogP contribution in [-0.4, -0.2) is 21.0 Å². The predicted molar refractivity (Wildman–Crippen MR) is 83.8 cm³/mol. The van der Waals surface area contributed by atoms with E-state index in [1.54, 1.807) is 11.4 Å². The van der Waals surface area contributed by atoms with Crippen LogP contribution in [-0.2, 0) is 17.0 Å². The molecule has 6 nitrogen and oxygen atoms in total. The number of aliphatic carboxylic acids is 1. The first-order valence-electron chi connectivity index (χ1n) is 5.67. The Morgan fingerprint density at radius 2 is 2.29 bits per heavy atom. The van der Waals surface area contributed by atoms with Gasteiger partial charge in [0.15, 0.2) is 0 Å². The summed E-state index contributed by atoms with van der Waals surface area (Å²) in [4.78, 5) is 25.0. The highest BCUT2D eigenvalue weighted by atomic mass is 79.9. The molecule has 0 unspecified atom stereocenters. The van der Waals surface area contributed by atoms with Crippen molar-refractivity contribution in [1.29, 1.82) is 0 Å². The molecule has 0 fully saturated rings. The number of hydrogen-bond acceptors (Lipinski definition) is 6. The van der Waals surface area contributed by atoms with Crippen molar-refractivity contribution in [1.82, 2.24) is 4.98 Å². The van der Waals surface area contributed by atoms with Crippen molar-refractivity contribution >= 4 is 50.7 Å². The van der Waals surface area contributed by atoms with E-state index in [0.717, 1.165) is 9.90 Å². The molecule has 0 aliphatic carbocycles. The lowest BCUT2D eigenvalue weighted by atomic mass is 10.2. The second-order valence-corrected chi connectivity index (χ2v) is 6.93. The van der Waals surface area contributed by atoms with Crippen molar-refractivity contribution in [2.24, 2.45) is 0 Å². The smallest absolute Gasteiger partial charge is 0.309 e. The summed E-state index contributed by atoms with van der Waals surface area (Å²) in [5.41, 5.74) is 1.49. The molecule has 0 saturated heterocycles. The Kier molecular flexibility index (Phi) is 5.32. The van der Waals surface area contributed by atoms with E-state index in [0.29, 0.717) is 15.9 Å². The summed E-state index contributed by atoms with van der Waals surface area (Å²) in [7, 11) is 0. The highest BCUT2D eigenvalue weighted by molar-refractivity contribution is 9.10. The van der Waals surface area contributed by atoms with Crippen LogP contribution >= 0.6 is 39.0 Å². The van der Waals surface area contributed by atoms with Gasteiger partial charge in [0.1, 0.15) is 4.34 Å². The van der Waals surface area contributed by atoms with Gasteiger partial charge in [0, 0.05) is 27.7 Å². The maximum absolute atomic E-state index is 10.7. The molecule has 21 heavy (non-hydrogen) atoms. The summed E-state index contributed by atoms with van der Waals surface area (Å²) in [6.45, 7) is 0. The van der Waals surface area contributed by atoms with Gasteiger partial charge in [0.25, 0.3) is 5.69 Å². The van der Waals surface area contributed by atoms with Crippen LogP contribution in [0, 0.1) is 10.1 Å². The van der Waals surface area contributed by atoms with Crippen LogP contribution in [0.3, 0.4) is 0 Å². The molecule has 1 aromatic carbocycles. The number of aromatic nitrogens is 1. The zero-order valence-corrected chi connectivity index (χ0v) is 13.7. The van der Waals surface area contributed by atoms with Crippen LogP contribution in [0.5, 0.6) is 0 Å². The summed E-state index contributed by atoms with van der Waals surface area (Å²) in [5.74, 6) is -0.312. The fourth-order valence-corrected chi connectivity index (χ4v) is 4.04. The Labute approximate surface area is 136 Å². The van der Waals surface area contributed by atoms with Crippen LogP contribution in [0.2, 0.25) is 0 Å². The predicted octanol–water partition coefficient (Wildman–Crippen LogP) is 3.73. The van der Waals surface area contributed by atoms with Crippen molar-refractivity contribution in [3.63, 3.8) is 0 Å². The first-order valence-corrected chi connectivity index (χ1v) is 8.33. The summed E-state index contributed by atoms with van der Waals surface area (Å²) in [6.07, 6.45) is -0.0850. The zero-order valence-electron chi connectivity index (χ0n) is 10.5. The van der Waals surface area contributed by atoms with E-state index in [4.69, 9.17) is 5.11 Å². The highest BCUT2D eigenvalue weighted by Gasteiger charge is 2.11. The minimum Gasteiger partial charge on any atom is -0.481 e. The van der Waals surface area contributed by atoms with Crippen LogP contribution in [0.4, 0.5) is 5.69 Å². The van der Waals surface area contributed by atoms with Gasteiger partial charge in [0.2, 0.25) is 0 Å². The van der Waals surface area contributed by atoms with Crippen LogP contribution < -0.4 is 0 Å². The monoisotopic (exact) mass is 388 g/mol. The van der Waals surface area contributed by atoms with Crippen molar-refractivity contribution in [2.45, 2.75) is 16.5 Å². The normalized spacial score (nSPS) is 10.5.